The van der Waals surface area contributed by atoms with Gasteiger partial charge < -0.3 is 19.7 Å². The summed E-state index contributed by atoms with van der Waals surface area (Å²) in [5.41, 5.74) is 1.83. The van der Waals surface area contributed by atoms with Crippen molar-refractivity contribution in [1.82, 2.24) is 0 Å². The van der Waals surface area contributed by atoms with Gasteiger partial charge in [0.1, 0.15) is 11.5 Å². The fourth-order valence-electron chi connectivity index (χ4n) is 4.14. The molecule has 1 saturated heterocycles. The predicted octanol–water partition coefficient (Wildman–Crippen LogP) is 5.39. The molecule has 1 amide bonds. The number of aryl methyl sites for hydroxylation is 1. The van der Waals surface area contributed by atoms with Gasteiger partial charge in [-0.3, -0.25) is 14.5 Å². The Balaban J connectivity index is 2.00. The van der Waals surface area contributed by atoms with Crippen LogP contribution in [0.2, 0.25) is 5.02 Å². The van der Waals surface area contributed by atoms with Crippen molar-refractivity contribution in [3.8, 4) is 17.2 Å². The molecule has 0 radical (unpaired) electrons. The summed E-state index contributed by atoms with van der Waals surface area (Å²) < 4.78 is 10.8. The Morgan fingerprint density at radius 3 is 2.57 bits per heavy atom. The fourth-order valence-corrected chi connectivity index (χ4v) is 4.30. The molecule has 2 N–H and O–H groups in total. The third-order valence-corrected chi connectivity index (χ3v) is 6.05. The van der Waals surface area contributed by atoms with Crippen LogP contribution in [0.1, 0.15) is 29.7 Å². The number of amides is 1. The van der Waals surface area contributed by atoms with E-state index >= 15 is 0 Å². The second kappa shape index (κ2) is 9.72. The van der Waals surface area contributed by atoms with Gasteiger partial charge in [0, 0.05) is 16.3 Å². The molecule has 0 aliphatic carbocycles. The van der Waals surface area contributed by atoms with Gasteiger partial charge in [0.05, 0.1) is 25.3 Å². The van der Waals surface area contributed by atoms with E-state index in [9.17, 15) is 19.8 Å². The van der Waals surface area contributed by atoms with E-state index in [1.165, 1.54) is 18.1 Å². The van der Waals surface area contributed by atoms with Crippen LogP contribution in [0.3, 0.4) is 0 Å². The van der Waals surface area contributed by atoms with Crippen molar-refractivity contribution in [1.29, 1.82) is 0 Å². The highest BCUT2D eigenvalue weighted by Gasteiger charge is 2.47. The van der Waals surface area contributed by atoms with Crippen LogP contribution in [-0.2, 0) is 9.59 Å². The van der Waals surface area contributed by atoms with Crippen LogP contribution in [0.4, 0.5) is 5.69 Å². The molecular weight excluding hydrogens is 470 g/mol. The highest BCUT2D eigenvalue weighted by atomic mass is 35.5. The quantitative estimate of drug-likeness (QED) is 0.271. The van der Waals surface area contributed by atoms with E-state index in [0.717, 1.165) is 0 Å². The van der Waals surface area contributed by atoms with Crippen LogP contribution < -0.4 is 14.4 Å². The van der Waals surface area contributed by atoms with Crippen molar-refractivity contribution in [2.24, 2.45) is 0 Å². The van der Waals surface area contributed by atoms with Crippen molar-refractivity contribution in [3.63, 3.8) is 0 Å². The van der Waals surface area contributed by atoms with Gasteiger partial charge in [0.15, 0.2) is 11.5 Å². The summed E-state index contributed by atoms with van der Waals surface area (Å²) in [7, 11) is 1.49. The van der Waals surface area contributed by atoms with Gasteiger partial charge in [-0.2, -0.15) is 0 Å². The minimum Gasteiger partial charge on any atom is -0.507 e. The molecule has 0 aromatic heterocycles. The van der Waals surface area contributed by atoms with Crippen LogP contribution in [0.15, 0.2) is 66.2 Å². The molecule has 3 aromatic rings. The largest absolute Gasteiger partial charge is 0.507 e. The predicted molar refractivity (Wildman–Crippen MR) is 133 cm³/mol. The number of aromatic hydroxyl groups is 1. The zero-order valence-electron chi connectivity index (χ0n) is 19.4. The van der Waals surface area contributed by atoms with Gasteiger partial charge in [-0.1, -0.05) is 35.9 Å². The summed E-state index contributed by atoms with van der Waals surface area (Å²) in [4.78, 5) is 28.1. The molecular formula is C27H24ClNO6. The number of aliphatic hydroxyl groups is 1. The monoisotopic (exact) mass is 493 g/mol. The molecule has 1 aliphatic heterocycles. The number of ketones is 1. The Labute approximate surface area is 207 Å². The summed E-state index contributed by atoms with van der Waals surface area (Å²) in [5, 5.41) is 21.9. The highest BCUT2D eigenvalue weighted by molar-refractivity contribution is 6.52. The number of carbonyl (C=O) groups is 2. The van der Waals surface area contributed by atoms with E-state index in [4.69, 9.17) is 21.1 Å². The van der Waals surface area contributed by atoms with E-state index in [2.05, 4.69) is 0 Å². The Bertz CT molecular complexity index is 1350. The van der Waals surface area contributed by atoms with Crippen LogP contribution in [-0.4, -0.2) is 35.6 Å². The van der Waals surface area contributed by atoms with Gasteiger partial charge in [0.25, 0.3) is 11.7 Å². The molecule has 1 atom stereocenters. The van der Waals surface area contributed by atoms with Crippen molar-refractivity contribution in [3.05, 3.63) is 87.9 Å². The number of phenols is 1. The van der Waals surface area contributed by atoms with E-state index < -0.39 is 17.7 Å². The SMILES string of the molecule is CCOc1cc(C2/C(=C(\O)c3cccc(OC)c3)C(=O)C(=O)N2c2cc(Cl)ccc2C)ccc1O. The van der Waals surface area contributed by atoms with Crippen LogP contribution in [0.25, 0.3) is 5.76 Å². The fraction of sp³-hybridized carbons (Fsp3) is 0.185. The van der Waals surface area contributed by atoms with Gasteiger partial charge in [0.2, 0.25) is 0 Å². The first kappa shape index (κ1) is 24.2. The van der Waals surface area contributed by atoms with Crippen LogP contribution >= 0.6 is 11.6 Å². The highest BCUT2D eigenvalue weighted by Crippen LogP contribution is 2.45. The Morgan fingerprint density at radius 1 is 1.09 bits per heavy atom. The van der Waals surface area contributed by atoms with E-state index in [1.807, 2.05) is 0 Å². The number of benzene rings is 3. The maximum Gasteiger partial charge on any atom is 0.300 e. The summed E-state index contributed by atoms with van der Waals surface area (Å²) in [6, 6.07) is 15.2. The number of methoxy groups -OCH3 is 1. The second-order valence-electron chi connectivity index (χ2n) is 7.99. The number of aliphatic hydroxyl groups excluding tert-OH is 1. The van der Waals surface area contributed by atoms with E-state index in [0.29, 0.717) is 39.8 Å². The van der Waals surface area contributed by atoms with E-state index in [-0.39, 0.29) is 22.8 Å². The lowest BCUT2D eigenvalue weighted by molar-refractivity contribution is -0.132. The Hall–Kier alpha value is -3.97. The summed E-state index contributed by atoms with van der Waals surface area (Å²) in [5.74, 6) is -1.41. The zero-order valence-corrected chi connectivity index (χ0v) is 20.2. The number of Topliss-reactive ketones (excluding diaryl/α,β-unsaturated/α-hetero) is 1. The number of anilines is 1. The topological polar surface area (TPSA) is 96.3 Å². The minimum absolute atomic E-state index is 0.0840. The molecule has 7 nitrogen and oxygen atoms in total. The Kier molecular flexibility index (Phi) is 6.71. The number of carbonyl (C=O) groups excluding carboxylic acids is 2. The molecule has 180 valence electrons. The number of rotatable bonds is 6. The van der Waals surface area contributed by atoms with Gasteiger partial charge in [-0.25, -0.2) is 0 Å². The van der Waals surface area contributed by atoms with Gasteiger partial charge >= 0.3 is 0 Å². The lowest BCUT2D eigenvalue weighted by Gasteiger charge is -2.27. The van der Waals surface area contributed by atoms with Crippen LogP contribution in [0, 0.1) is 6.92 Å². The number of hydrogen-bond donors (Lipinski definition) is 2. The standard InChI is InChI=1S/C27H24ClNO6/c1-4-35-22-13-16(9-11-21(22)30)24-23(25(31)17-6-5-7-19(12-17)34-3)26(32)27(33)29(24)20-14-18(28)10-8-15(20)2/h5-14,24,30-31H,4H2,1-3H3/b25-23+. The average molecular weight is 494 g/mol. The van der Waals surface area contributed by atoms with Crippen molar-refractivity contribution >= 4 is 34.7 Å². The normalized spacial score (nSPS) is 17.0. The summed E-state index contributed by atoms with van der Waals surface area (Å²) in [6.07, 6.45) is 0. The lowest BCUT2D eigenvalue weighted by atomic mass is 9.94. The number of halogens is 1. The zero-order chi connectivity index (χ0) is 25.3. The van der Waals surface area contributed by atoms with Crippen LogP contribution in [0.5, 0.6) is 17.2 Å². The van der Waals surface area contributed by atoms with Gasteiger partial charge in [-0.15, -0.1) is 0 Å². The molecule has 0 saturated carbocycles. The van der Waals surface area contributed by atoms with E-state index in [1.54, 1.807) is 68.4 Å². The minimum atomic E-state index is -1.00. The second-order valence-corrected chi connectivity index (χ2v) is 8.43. The number of hydrogen-bond acceptors (Lipinski definition) is 6. The Morgan fingerprint density at radius 2 is 1.86 bits per heavy atom. The van der Waals surface area contributed by atoms with Crippen molar-refractivity contribution in [2.75, 3.05) is 18.6 Å². The molecule has 0 spiro atoms. The first-order valence-electron chi connectivity index (χ1n) is 10.9. The lowest BCUT2D eigenvalue weighted by Crippen LogP contribution is -2.30. The summed E-state index contributed by atoms with van der Waals surface area (Å²) in [6.45, 7) is 3.87. The van der Waals surface area contributed by atoms with Crippen molar-refractivity contribution < 1.29 is 29.3 Å². The molecule has 35 heavy (non-hydrogen) atoms. The first-order chi connectivity index (χ1) is 16.8. The molecule has 1 aliphatic rings. The third kappa shape index (κ3) is 4.42. The van der Waals surface area contributed by atoms with Crippen molar-refractivity contribution in [2.45, 2.75) is 19.9 Å². The average Bonchev–Trinajstić information content (AvgIpc) is 3.12. The maximum atomic E-state index is 13.4. The number of phenolic OH excluding ortho intramolecular Hbond substituents is 1. The first-order valence-corrected chi connectivity index (χ1v) is 11.3. The summed E-state index contributed by atoms with van der Waals surface area (Å²) >= 11 is 6.24. The molecule has 1 fully saturated rings. The maximum absolute atomic E-state index is 13.4. The molecule has 4 rings (SSSR count). The molecule has 3 aromatic carbocycles. The molecule has 0 bridgehead atoms. The molecule has 1 heterocycles. The smallest absolute Gasteiger partial charge is 0.300 e. The molecule has 1 unspecified atom stereocenters. The number of nitrogens with zero attached hydrogens (tertiary/aromatic N) is 1. The third-order valence-electron chi connectivity index (χ3n) is 5.82. The number of ether oxygens (including phenoxy) is 2. The molecule has 8 heteroatoms. The van der Waals surface area contributed by atoms with Gasteiger partial charge in [-0.05, 0) is 61.4 Å².